The van der Waals surface area contributed by atoms with Crippen molar-refractivity contribution in [1.29, 1.82) is 0 Å². The molecule has 2 fully saturated rings. The van der Waals surface area contributed by atoms with Crippen LogP contribution in [0.3, 0.4) is 0 Å². The van der Waals surface area contributed by atoms with Crippen LogP contribution in [0.1, 0.15) is 32.1 Å². The number of hydrogen-bond acceptors (Lipinski definition) is 4. The van der Waals surface area contributed by atoms with Gasteiger partial charge in [0.25, 0.3) is 0 Å². The molecule has 2 rings (SSSR count). The van der Waals surface area contributed by atoms with Gasteiger partial charge in [-0.3, -0.25) is 9.13 Å². The molecule has 0 bridgehead atoms. The van der Waals surface area contributed by atoms with E-state index in [1.165, 1.54) is 0 Å². The van der Waals surface area contributed by atoms with E-state index < -0.39 is 20.2 Å². The van der Waals surface area contributed by atoms with Crippen molar-refractivity contribution in [3.05, 3.63) is 11.4 Å². The number of hydrogen-bond donors (Lipinski definition) is 6. The van der Waals surface area contributed by atoms with Crippen LogP contribution < -0.4 is 10.6 Å². The van der Waals surface area contributed by atoms with Gasteiger partial charge in [0, 0.05) is 17.9 Å². The first-order chi connectivity index (χ1) is 8.67. The lowest BCUT2D eigenvalue weighted by atomic mass is 10.1. The Balaban J connectivity index is 0.00000200. The maximum atomic E-state index is 11.5. The zero-order valence-electron chi connectivity index (χ0n) is 10.7. The summed E-state index contributed by atoms with van der Waals surface area (Å²) in [4.78, 5) is 37.3. The van der Waals surface area contributed by atoms with E-state index in [0.717, 1.165) is 31.5 Å². The summed E-state index contributed by atoms with van der Waals surface area (Å²) in [6, 6.07) is 0. The normalized spacial score (nSPS) is 26.4. The van der Waals surface area contributed by atoms with Gasteiger partial charge < -0.3 is 35.7 Å². The molecule has 11 heteroatoms. The largest absolute Gasteiger partial charge is 0.412 e. The molecule has 2 aliphatic heterocycles. The summed E-state index contributed by atoms with van der Waals surface area (Å²) in [5, 5.41) is 3.09. The lowest BCUT2D eigenvalue weighted by Crippen LogP contribution is -2.39. The summed E-state index contributed by atoms with van der Waals surface area (Å²) < 4.78 is 23.1. The van der Waals surface area contributed by atoms with Crippen LogP contribution in [-0.2, 0) is 9.13 Å². The Labute approximate surface area is 116 Å². The van der Waals surface area contributed by atoms with Gasteiger partial charge in [-0.1, -0.05) is 0 Å². The molecule has 8 N–H and O–H groups in total. The van der Waals surface area contributed by atoms with Crippen molar-refractivity contribution in [2.75, 3.05) is 6.54 Å². The standard InChI is InChI=1S/C9H18N2O6P2.H2O/c12-18(13,14)9(19(15,16)17)5-4-8(11-9)7-3-1-2-6-10-7;/h10-11H,1-6H2,(H2,12,13,14)(H2,15,16,17);1H2/b8-7+;. The molecule has 0 atom stereocenters. The van der Waals surface area contributed by atoms with E-state index in [2.05, 4.69) is 10.6 Å². The first-order valence-electron chi connectivity index (χ1n) is 6.03. The van der Waals surface area contributed by atoms with Gasteiger partial charge in [0.15, 0.2) is 0 Å². The van der Waals surface area contributed by atoms with Crippen LogP contribution in [0.4, 0.5) is 0 Å². The monoisotopic (exact) mass is 330 g/mol. The third-order valence-corrected chi connectivity index (χ3v) is 7.76. The molecule has 20 heavy (non-hydrogen) atoms. The molecular formula is C9H20N2O7P2. The maximum Gasteiger partial charge on any atom is 0.363 e. The number of piperidine rings is 1. The second kappa shape index (κ2) is 5.77. The Morgan fingerprint density at radius 2 is 1.55 bits per heavy atom. The van der Waals surface area contributed by atoms with Gasteiger partial charge in [-0.15, -0.1) is 0 Å². The van der Waals surface area contributed by atoms with Gasteiger partial charge in [-0.25, -0.2) is 0 Å². The Bertz CT molecular complexity index is 465. The van der Waals surface area contributed by atoms with E-state index in [0.29, 0.717) is 5.70 Å². The molecule has 0 saturated carbocycles. The Hall–Kier alpha value is -0.400. The molecule has 2 aliphatic rings. The van der Waals surface area contributed by atoms with Crippen molar-refractivity contribution >= 4 is 15.2 Å². The molecule has 9 nitrogen and oxygen atoms in total. The third-order valence-electron chi connectivity index (χ3n) is 3.59. The van der Waals surface area contributed by atoms with Crippen molar-refractivity contribution in [3.63, 3.8) is 0 Å². The highest BCUT2D eigenvalue weighted by Gasteiger charge is 2.63. The van der Waals surface area contributed by atoms with Crippen molar-refractivity contribution in [2.24, 2.45) is 0 Å². The molecule has 0 spiro atoms. The third kappa shape index (κ3) is 2.94. The van der Waals surface area contributed by atoms with Crippen LogP contribution in [0.5, 0.6) is 0 Å². The summed E-state index contributed by atoms with van der Waals surface area (Å²) in [5.41, 5.74) is 1.31. The first kappa shape index (κ1) is 17.7. The van der Waals surface area contributed by atoms with Crippen molar-refractivity contribution in [2.45, 2.75) is 37.1 Å². The van der Waals surface area contributed by atoms with Gasteiger partial charge >= 0.3 is 15.2 Å². The number of allylic oxidation sites excluding steroid dienone is 2. The average Bonchev–Trinajstić information content (AvgIpc) is 2.75. The zero-order valence-corrected chi connectivity index (χ0v) is 12.5. The number of rotatable bonds is 2. The highest BCUT2D eigenvalue weighted by atomic mass is 31.2. The van der Waals surface area contributed by atoms with Gasteiger partial charge in [0.05, 0.1) is 0 Å². The molecular weight excluding hydrogens is 310 g/mol. The fourth-order valence-corrected chi connectivity index (χ4v) is 5.24. The van der Waals surface area contributed by atoms with Gasteiger partial charge in [0.1, 0.15) is 0 Å². The fraction of sp³-hybridized carbons (Fsp3) is 0.778. The SMILES string of the molecule is O.O=P(O)(O)C1(P(=O)(O)O)CC/C(=C2/CCCCN2)N1. The maximum absolute atomic E-state index is 11.5. The topological polar surface area (TPSA) is 171 Å². The Morgan fingerprint density at radius 3 is 1.95 bits per heavy atom. The molecule has 118 valence electrons. The first-order valence-corrected chi connectivity index (χ1v) is 9.25. The van der Waals surface area contributed by atoms with Crippen LogP contribution in [0.2, 0.25) is 0 Å². The smallest absolute Gasteiger partial charge is 0.363 e. The van der Waals surface area contributed by atoms with E-state index in [4.69, 9.17) is 0 Å². The summed E-state index contributed by atoms with van der Waals surface area (Å²) >= 11 is 0. The summed E-state index contributed by atoms with van der Waals surface area (Å²) in [6.07, 6.45) is 2.63. The van der Waals surface area contributed by atoms with Gasteiger partial charge in [0.2, 0.25) is 5.02 Å². The minimum absolute atomic E-state index is 0. The van der Waals surface area contributed by atoms with Crippen molar-refractivity contribution in [3.8, 4) is 0 Å². The highest BCUT2D eigenvalue weighted by Crippen LogP contribution is 2.71. The van der Waals surface area contributed by atoms with E-state index in [-0.39, 0.29) is 18.3 Å². The predicted octanol–water partition coefficient (Wildman–Crippen LogP) is -0.461. The van der Waals surface area contributed by atoms with E-state index in [1.54, 1.807) is 0 Å². The number of nitrogens with one attached hydrogen (secondary N) is 2. The van der Waals surface area contributed by atoms with Crippen LogP contribution in [0, 0.1) is 0 Å². The van der Waals surface area contributed by atoms with Crippen LogP contribution in [0.15, 0.2) is 11.4 Å². The molecule has 0 radical (unpaired) electrons. The average molecular weight is 330 g/mol. The quantitative estimate of drug-likeness (QED) is 0.369. The van der Waals surface area contributed by atoms with Crippen LogP contribution in [0.25, 0.3) is 0 Å². The molecule has 0 aromatic carbocycles. The van der Waals surface area contributed by atoms with Gasteiger partial charge in [-0.05, 0) is 32.1 Å². The van der Waals surface area contributed by atoms with Crippen molar-refractivity contribution < 1.29 is 34.2 Å². The minimum Gasteiger partial charge on any atom is -0.412 e. The molecule has 0 unspecified atom stereocenters. The van der Waals surface area contributed by atoms with Crippen molar-refractivity contribution in [1.82, 2.24) is 10.6 Å². The van der Waals surface area contributed by atoms with E-state index in [1.807, 2.05) is 0 Å². The lowest BCUT2D eigenvalue weighted by Gasteiger charge is -2.31. The van der Waals surface area contributed by atoms with E-state index in [9.17, 15) is 28.7 Å². The zero-order chi connectivity index (χ0) is 14.3. The predicted molar refractivity (Wildman–Crippen MR) is 71.7 cm³/mol. The van der Waals surface area contributed by atoms with E-state index >= 15 is 0 Å². The molecule has 0 aliphatic carbocycles. The molecule has 0 aromatic heterocycles. The minimum atomic E-state index is -4.99. The summed E-state index contributed by atoms with van der Waals surface area (Å²) in [6.45, 7) is 0.763. The Morgan fingerprint density at radius 1 is 0.950 bits per heavy atom. The molecule has 0 amide bonds. The van der Waals surface area contributed by atoms with Gasteiger partial charge in [-0.2, -0.15) is 0 Å². The van der Waals surface area contributed by atoms with Crippen LogP contribution >= 0.6 is 15.2 Å². The fourth-order valence-electron chi connectivity index (χ4n) is 2.51. The molecule has 0 aromatic rings. The van der Waals surface area contributed by atoms with Crippen LogP contribution in [-0.4, -0.2) is 36.6 Å². The molecule has 2 heterocycles. The lowest BCUT2D eigenvalue weighted by molar-refractivity contribution is 0.300. The Kier molecular flexibility index (Phi) is 5.09. The second-order valence-corrected chi connectivity index (χ2v) is 8.93. The summed E-state index contributed by atoms with van der Waals surface area (Å²) in [7, 11) is -9.98. The highest BCUT2D eigenvalue weighted by molar-refractivity contribution is 7.72. The summed E-state index contributed by atoms with van der Waals surface area (Å²) in [5.74, 6) is 0. The second-order valence-electron chi connectivity index (χ2n) is 4.87. The molecule has 2 saturated heterocycles.